The van der Waals surface area contributed by atoms with E-state index in [0.717, 1.165) is 57.6 Å². The molecular formula is C15H21NO2. The maximum Gasteiger partial charge on any atom is 0.122 e. The first-order valence-corrected chi connectivity index (χ1v) is 6.93. The Hall–Kier alpha value is -1.06. The molecule has 0 spiro atoms. The number of aryl methyl sites for hydroxylation is 1. The molecule has 1 saturated heterocycles. The average molecular weight is 247 g/mol. The van der Waals surface area contributed by atoms with Gasteiger partial charge in [0.15, 0.2) is 0 Å². The van der Waals surface area contributed by atoms with Crippen LogP contribution in [0.15, 0.2) is 18.2 Å². The van der Waals surface area contributed by atoms with Crippen LogP contribution in [0.25, 0.3) is 0 Å². The minimum absolute atomic E-state index is 0.458. The molecule has 2 N–H and O–H groups in total. The summed E-state index contributed by atoms with van der Waals surface area (Å²) >= 11 is 0. The maximum absolute atomic E-state index is 10.5. The quantitative estimate of drug-likeness (QED) is 0.853. The van der Waals surface area contributed by atoms with Gasteiger partial charge in [0.25, 0.3) is 0 Å². The molecule has 2 aliphatic rings. The SMILES string of the molecule is OC1(CCc2ccc3c(c2)CCO3)CCNCC1. The number of fused-ring (bicyclic) bond motifs is 1. The van der Waals surface area contributed by atoms with Crippen LogP contribution in [0, 0.1) is 0 Å². The third kappa shape index (κ3) is 2.52. The molecule has 2 aliphatic heterocycles. The van der Waals surface area contributed by atoms with Gasteiger partial charge in [-0.15, -0.1) is 0 Å². The van der Waals surface area contributed by atoms with E-state index in [1.807, 2.05) is 0 Å². The van der Waals surface area contributed by atoms with Gasteiger partial charge in [0.05, 0.1) is 12.2 Å². The smallest absolute Gasteiger partial charge is 0.122 e. The molecular weight excluding hydrogens is 226 g/mol. The summed E-state index contributed by atoms with van der Waals surface area (Å²) in [7, 11) is 0. The van der Waals surface area contributed by atoms with Crippen LogP contribution >= 0.6 is 0 Å². The number of nitrogens with one attached hydrogen (secondary N) is 1. The molecule has 0 saturated carbocycles. The summed E-state index contributed by atoms with van der Waals surface area (Å²) in [6.45, 7) is 2.69. The van der Waals surface area contributed by atoms with Gasteiger partial charge in [0.2, 0.25) is 0 Å². The standard InChI is InChI=1S/C15H21NO2/c17-15(6-8-16-9-7-15)5-3-12-1-2-14-13(11-12)4-10-18-14/h1-2,11,16-17H,3-10H2. The largest absolute Gasteiger partial charge is 0.493 e. The van der Waals surface area contributed by atoms with Crippen molar-refractivity contribution in [2.24, 2.45) is 0 Å². The van der Waals surface area contributed by atoms with E-state index in [9.17, 15) is 5.11 Å². The van der Waals surface area contributed by atoms with Gasteiger partial charge in [-0.3, -0.25) is 0 Å². The van der Waals surface area contributed by atoms with Gasteiger partial charge in [-0.25, -0.2) is 0 Å². The Balaban J connectivity index is 1.62. The third-order valence-corrected chi connectivity index (χ3v) is 4.17. The highest BCUT2D eigenvalue weighted by Gasteiger charge is 2.28. The number of aliphatic hydroxyl groups is 1. The first kappa shape index (κ1) is 12.0. The summed E-state index contributed by atoms with van der Waals surface area (Å²) in [5.74, 6) is 1.04. The van der Waals surface area contributed by atoms with Crippen LogP contribution in [0.1, 0.15) is 30.4 Å². The van der Waals surface area contributed by atoms with Crippen molar-refractivity contribution in [2.75, 3.05) is 19.7 Å². The average Bonchev–Trinajstić information content (AvgIpc) is 2.85. The summed E-state index contributed by atoms with van der Waals surface area (Å²) < 4.78 is 5.51. The predicted octanol–water partition coefficient (Wildman–Crippen LogP) is 1.67. The number of piperidine rings is 1. The molecule has 3 rings (SSSR count). The highest BCUT2D eigenvalue weighted by atomic mass is 16.5. The van der Waals surface area contributed by atoms with Crippen molar-refractivity contribution in [1.82, 2.24) is 5.32 Å². The topological polar surface area (TPSA) is 41.5 Å². The fourth-order valence-corrected chi connectivity index (χ4v) is 2.91. The Morgan fingerprint density at radius 1 is 1.28 bits per heavy atom. The van der Waals surface area contributed by atoms with Crippen LogP contribution in [0.2, 0.25) is 0 Å². The zero-order valence-electron chi connectivity index (χ0n) is 10.7. The van der Waals surface area contributed by atoms with Crippen molar-refractivity contribution in [3.63, 3.8) is 0 Å². The Bertz CT molecular complexity index is 425. The number of hydrogen-bond acceptors (Lipinski definition) is 3. The van der Waals surface area contributed by atoms with Crippen molar-refractivity contribution in [1.29, 1.82) is 0 Å². The lowest BCUT2D eigenvalue weighted by Gasteiger charge is -2.32. The van der Waals surface area contributed by atoms with Gasteiger partial charge in [-0.2, -0.15) is 0 Å². The van der Waals surface area contributed by atoms with Gasteiger partial charge in [-0.1, -0.05) is 12.1 Å². The lowest BCUT2D eigenvalue weighted by molar-refractivity contribution is 0.00281. The van der Waals surface area contributed by atoms with Crippen molar-refractivity contribution < 1.29 is 9.84 Å². The van der Waals surface area contributed by atoms with E-state index in [2.05, 4.69) is 23.5 Å². The highest BCUT2D eigenvalue weighted by Crippen LogP contribution is 2.28. The molecule has 0 aromatic heterocycles. The molecule has 0 unspecified atom stereocenters. The molecule has 1 fully saturated rings. The zero-order valence-corrected chi connectivity index (χ0v) is 10.7. The van der Waals surface area contributed by atoms with E-state index in [-0.39, 0.29) is 0 Å². The molecule has 0 amide bonds. The Labute approximate surface area is 108 Å². The van der Waals surface area contributed by atoms with Gasteiger partial charge in [0.1, 0.15) is 5.75 Å². The van der Waals surface area contributed by atoms with E-state index in [4.69, 9.17) is 4.74 Å². The predicted molar refractivity (Wildman–Crippen MR) is 71.0 cm³/mol. The molecule has 0 bridgehead atoms. The van der Waals surface area contributed by atoms with E-state index >= 15 is 0 Å². The van der Waals surface area contributed by atoms with Gasteiger partial charge >= 0.3 is 0 Å². The first-order chi connectivity index (χ1) is 8.75. The van der Waals surface area contributed by atoms with Crippen LogP contribution < -0.4 is 10.1 Å². The fourth-order valence-electron chi connectivity index (χ4n) is 2.91. The monoisotopic (exact) mass is 247 g/mol. The summed E-state index contributed by atoms with van der Waals surface area (Å²) in [5.41, 5.74) is 2.19. The summed E-state index contributed by atoms with van der Waals surface area (Å²) in [4.78, 5) is 0. The van der Waals surface area contributed by atoms with Crippen molar-refractivity contribution in [2.45, 2.75) is 37.7 Å². The molecule has 1 aromatic carbocycles. The molecule has 0 atom stereocenters. The Kier molecular flexibility index (Phi) is 3.27. The second kappa shape index (κ2) is 4.90. The molecule has 0 radical (unpaired) electrons. The number of ether oxygens (including phenoxy) is 1. The van der Waals surface area contributed by atoms with Crippen molar-refractivity contribution >= 4 is 0 Å². The minimum atomic E-state index is -0.458. The normalized spacial score (nSPS) is 21.4. The van der Waals surface area contributed by atoms with Crippen LogP contribution in [-0.2, 0) is 12.8 Å². The van der Waals surface area contributed by atoms with E-state index in [1.54, 1.807) is 0 Å². The molecule has 2 heterocycles. The first-order valence-electron chi connectivity index (χ1n) is 6.93. The third-order valence-electron chi connectivity index (χ3n) is 4.17. The van der Waals surface area contributed by atoms with Crippen molar-refractivity contribution in [3.8, 4) is 5.75 Å². The lowest BCUT2D eigenvalue weighted by Crippen LogP contribution is -2.42. The highest BCUT2D eigenvalue weighted by molar-refractivity contribution is 5.39. The Morgan fingerprint density at radius 2 is 2.11 bits per heavy atom. The number of hydrogen-bond donors (Lipinski definition) is 2. The summed E-state index contributed by atoms with van der Waals surface area (Å²) in [6.07, 6.45) is 4.61. The molecule has 98 valence electrons. The summed E-state index contributed by atoms with van der Waals surface area (Å²) in [5, 5.41) is 13.8. The van der Waals surface area contributed by atoms with E-state index in [1.165, 1.54) is 11.1 Å². The fraction of sp³-hybridized carbons (Fsp3) is 0.600. The lowest BCUT2D eigenvalue weighted by atomic mass is 9.86. The van der Waals surface area contributed by atoms with Crippen LogP contribution in [0.3, 0.4) is 0 Å². The van der Waals surface area contributed by atoms with E-state index < -0.39 is 5.60 Å². The van der Waals surface area contributed by atoms with E-state index in [0.29, 0.717) is 0 Å². The molecule has 3 heteroatoms. The molecule has 0 aliphatic carbocycles. The molecule has 18 heavy (non-hydrogen) atoms. The zero-order chi connectivity index (χ0) is 12.4. The molecule has 1 aromatic rings. The molecule has 3 nitrogen and oxygen atoms in total. The van der Waals surface area contributed by atoms with Crippen LogP contribution in [0.4, 0.5) is 0 Å². The van der Waals surface area contributed by atoms with Gasteiger partial charge in [0, 0.05) is 6.42 Å². The van der Waals surface area contributed by atoms with Crippen molar-refractivity contribution in [3.05, 3.63) is 29.3 Å². The second-order valence-corrected chi connectivity index (χ2v) is 5.51. The van der Waals surface area contributed by atoms with Gasteiger partial charge < -0.3 is 15.2 Å². The maximum atomic E-state index is 10.5. The number of benzene rings is 1. The Morgan fingerprint density at radius 3 is 2.94 bits per heavy atom. The second-order valence-electron chi connectivity index (χ2n) is 5.51. The summed E-state index contributed by atoms with van der Waals surface area (Å²) in [6, 6.07) is 6.45. The van der Waals surface area contributed by atoms with Crippen LogP contribution in [-0.4, -0.2) is 30.4 Å². The van der Waals surface area contributed by atoms with Gasteiger partial charge in [-0.05, 0) is 56.0 Å². The number of rotatable bonds is 3. The minimum Gasteiger partial charge on any atom is -0.493 e. The van der Waals surface area contributed by atoms with Crippen LogP contribution in [0.5, 0.6) is 5.75 Å².